The van der Waals surface area contributed by atoms with Gasteiger partial charge in [-0.05, 0) is 24.6 Å². The van der Waals surface area contributed by atoms with Gasteiger partial charge in [0.1, 0.15) is 5.82 Å². The number of carbonyl (C=O) groups is 1. The summed E-state index contributed by atoms with van der Waals surface area (Å²) in [6.45, 7) is 3.92. The fourth-order valence-corrected chi connectivity index (χ4v) is 1.46. The lowest BCUT2D eigenvalue weighted by atomic mass is 10.2. The second kappa shape index (κ2) is 4.78. The van der Waals surface area contributed by atoms with E-state index in [9.17, 15) is 4.79 Å². The molecule has 0 aliphatic heterocycles. The van der Waals surface area contributed by atoms with Gasteiger partial charge in [-0.3, -0.25) is 9.89 Å². The minimum atomic E-state index is -0.299. The molecule has 88 valence electrons. The molecule has 0 radical (unpaired) electrons. The summed E-state index contributed by atoms with van der Waals surface area (Å²) in [4.78, 5) is 15.9. The molecular formula is C12H14N4O. The number of hydrogen-bond acceptors (Lipinski definition) is 3. The third-order valence-electron chi connectivity index (χ3n) is 2.35. The Labute approximate surface area is 99.3 Å². The van der Waals surface area contributed by atoms with Crippen LogP contribution in [-0.4, -0.2) is 21.1 Å². The number of rotatable bonds is 3. The van der Waals surface area contributed by atoms with E-state index >= 15 is 0 Å². The molecule has 1 aromatic carbocycles. The summed E-state index contributed by atoms with van der Waals surface area (Å²) in [5.41, 5.74) is 1.84. The fraction of sp³-hybridized carbons (Fsp3) is 0.250. The Balaban J connectivity index is 2.11. The first kappa shape index (κ1) is 11.3. The van der Waals surface area contributed by atoms with Crippen LogP contribution in [0.4, 0.5) is 5.69 Å². The quantitative estimate of drug-likeness (QED) is 0.846. The Morgan fingerprint density at radius 1 is 1.47 bits per heavy atom. The van der Waals surface area contributed by atoms with E-state index in [2.05, 4.69) is 20.5 Å². The molecule has 1 amide bonds. The lowest BCUT2D eigenvalue weighted by molar-refractivity contribution is 0.101. The number of aromatic amines is 1. The van der Waals surface area contributed by atoms with Crippen molar-refractivity contribution in [3.05, 3.63) is 41.5 Å². The molecule has 2 rings (SSSR count). The SMILES string of the molecule is CCc1nc(C(=O)Nc2cccc(C)c2)n[nH]1. The van der Waals surface area contributed by atoms with E-state index in [4.69, 9.17) is 0 Å². The Kier molecular flexibility index (Phi) is 3.18. The van der Waals surface area contributed by atoms with Gasteiger partial charge in [-0.2, -0.15) is 0 Å². The molecule has 0 aliphatic carbocycles. The third kappa shape index (κ3) is 2.69. The summed E-state index contributed by atoms with van der Waals surface area (Å²) in [5.74, 6) is 0.578. The summed E-state index contributed by atoms with van der Waals surface area (Å²) >= 11 is 0. The van der Waals surface area contributed by atoms with E-state index in [1.807, 2.05) is 38.1 Å². The number of nitrogens with one attached hydrogen (secondary N) is 2. The Morgan fingerprint density at radius 2 is 2.29 bits per heavy atom. The highest BCUT2D eigenvalue weighted by atomic mass is 16.2. The molecule has 17 heavy (non-hydrogen) atoms. The first-order chi connectivity index (χ1) is 8.19. The minimum absolute atomic E-state index is 0.170. The zero-order valence-electron chi connectivity index (χ0n) is 9.82. The number of carbonyl (C=O) groups excluding carboxylic acids is 1. The van der Waals surface area contributed by atoms with Crippen molar-refractivity contribution in [2.45, 2.75) is 20.3 Å². The van der Waals surface area contributed by atoms with E-state index in [0.29, 0.717) is 5.82 Å². The van der Waals surface area contributed by atoms with Gasteiger partial charge in [0.2, 0.25) is 5.82 Å². The molecule has 0 fully saturated rings. The number of anilines is 1. The van der Waals surface area contributed by atoms with Crippen molar-refractivity contribution in [2.75, 3.05) is 5.32 Å². The van der Waals surface area contributed by atoms with Crippen LogP contribution < -0.4 is 5.32 Å². The van der Waals surface area contributed by atoms with Crippen molar-refractivity contribution < 1.29 is 4.79 Å². The number of nitrogens with zero attached hydrogens (tertiary/aromatic N) is 2. The minimum Gasteiger partial charge on any atom is -0.319 e. The van der Waals surface area contributed by atoms with Gasteiger partial charge >= 0.3 is 0 Å². The monoisotopic (exact) mass is 230 g/mol. The van der Waals surface area contributed by atoms with Crippen LogP contribution in [0.1, 0.15) is 28.9 Å². The Hall–Kier alpha value is -2.17. The fourth-order valence-electron chi connectivity index (χ4n) is 1.46. The zero-order valence-corrected chi connectivity index (χ0v) is 9.82. The molecule has 0 saturated carbocycles. The Morgan fingerprint density at radius 3 is 2.94 bits per heavy atom. The molecule has 0 unspecified atom stereocenters. The lowest BCUT2D eigenvalue weighted by Gasteiger charge is -2.02. The largest absolute Gasteiger partial charge is 0.319 e. The number of H-pyrrole nitrogens is 1. The topological polar surface area (TPSA) is 70.7 Å². The molecular weight excluding hydrogens is 216 g/mol. The van der Waals surface area contributed by atoms with Crippen LogP contribution in [0, 0.1) is 6.92 Å². The van der Waals surface area contributed by atoms with Crippen LogP contribution in [0.3, 0.4) is 0 Å². The van der Waals surface area contributed by atoms with Crippen LogP contribution in [0.15, 0.2) is 24.3 Å². The van der Waals surface area contributed by atoms with E-state index in [-0.39, 0.29) is 11.7 Å². The second-order valence-electron chi connectivity index (χ2n) is 3.78. The molecule has 0 bridgehead atoms. The predicted octanol–water partition coefficient (Wildman–Crippen LogP) is 1.93. The van der Waals surface area contributed by atoms with Crippen molar-refractivity contribution in [3.8, 4) is 0 Å². The van der Waals surface area contributed by atoms with E-state index < -0.39 is 0 Å². The van der Waals surface area contributed by atoms with Gasteiger partial charge in [-0.25, -0.2) is 4.98 Å². The number of aromatic nitrogens is 3. The van der Waals surface area contributed by atoms with Gasteiger partial charge in [0.25, 0.3) is 5.91 Å². The van der Waals surface area contributed by atoms with Gasteiger partial charge in [-0.15, -0.1) is 5.10 Å². The van der Waals surface area contributed by atoms with E-state index in [1.54, 1.807) is 0 Å². The maximum Gasteiger partial charge on any atom is 0.295 e. The highest BCUT2D eigenvalue weighted by Gasteiger charge is 2.11. The van der Waals surface area contributed by atoms with Gasteiger partial charge in [0.15, 0.2) is 0 Å². The number of amides is 1. The first-order valence-electron chi connectivity index (χ1n) is 5.48. The van der Waals surface area contributed by atoms with Crippen molar-refractivity contribution in [1.82, 2.24) is 15.2 Å². The van der Waals surface area contributed by atoms with Crippen LogP contribution >= 0.6 is 0 Å². The van der Waals surface area contributed by atoms with Gasteiger partial charge < -0.3 is 5.32 Å². The van der Waals surface area contributed by atoms with Crippen molar-refractivity contribution in [3.63, 3.8) is 0 Å². The maximum atomic E-state index is 11.8. The van der Waals surface area contributed by atoms with Crippen LogP contribution in [0.5, 0.6) is 0 Å². The molecule has 5 nitrogen and oxygen atoms in total. The standard InChI is InChI=1S/C12H14N4O/c1-3-10-14-11(16-15-10)12(17)13-9-6-4-5-8(2)7-9/h4-7H,3H2,1-2H3,(H,13,17)(H,14,15,16). The van der Waals surface area contributed by atoms with Gasteiger partial charge in [-0.1, -0.05) is 19.1 Å². The van der Waals surface area contributed by atoms with E-state index in [1.165, 1.54) is 0 Å². The van der Waals surface area contributed by atoms with E-state index in [0.717, 1.165) is 17.7 Å². The Bertz CT molecular complexity index is 533. The molecule has 2 aromatic rings. The first-order valence-corrected chi connectivity index (χ1v) is 5.48. The average Bonchev–Trinajstić information content (AvgIpc) is 2.77. The average molecular weight is 230 g/mol. The smallest absolute Gasteiger partial charge is 0.295 e. The van der Waals surface area contributed by atoms with Crippen molar-refractivity contribution in [1.29, 1.82) is 0 Å². The summed E-state index contributed by atoms with van der Waals surface area (Å²) in [6.07, 6.45) is 0.727. The highest BCUT2D eigenvalue weighted by Crippen LogP contribution is 2.10. The molecule has 0 spiro atoms. The van der Waals surface area contributed by atoms with Crippen LogP contribution in [0.25, 0.3) is 0 Å². The summed E-state index contributed by atoms with van der Waals surface area (Å²) in [6, 6.07) is 7.58. The molecule has 0 saturated heterocycles. The zero-order chi connectivity index (χ0) is 12.3. The predicted molar refractivity (Wildman–Crippen MR) is 64.9 cm³/mol. The third-order valence-corrected chi connectivity index (χ3v) is 2.35. The summed E-state index contributed by atoms with van der Waals surface area (Å²) in [7, 11) is 0. The number of aryl methyl sites for hydroxylation is 2. The molecule has 0 aliphatic rings. The maximum absolute atomic E-state index is 11.8. The van der Waals surface area contributed by atoms with Crippen LogP contribution in [0.2, 0.25) is 0 Å². The molecule has 2 N–H and O–H groups in total. The summed E-state index contributed by atoms with van der Waals surface area (Å²) < 4.78 is 0. The summed E-state index contributed by atoms with van der Waals surface area (Å²) in [5, 5.41) is 9.32. The normalized spacial score (nSPS) is 10.2. The van der Waals surface area contributed by atoms with Crippen LogP contribution in [-0.2, 0) is 6.42 Å². The lowest BCUT2D eigenvalue weighted by Crippen LogP contribution is -2.13. The van der Waals surface area contributed by atoms with Crippen molar-refractivity contribution in [2.24, 2.45) is 0 Å². The molecule has 1 heterocycles. The molecule has 5 heteroatoms. The highest BCUT2D eigenvalue weighted by molar-refractivity contribution is 6.01. The molecule has 1 aromatic heterocycles. The number of benzene rings is 1. The molecule has 0 atom stereocenters. The number of hydrogen-bond donors (Lipinski definition) is 2. The van der Waals surface area contributed by atoms with Gasteiger partial charge in [0.05, 0.1) is 0 Å². The van der Waals surface area contributed by atoms with Gasteiger partial charge in [0, 0.05) is 12.1 Å². The van der Waals surface area contributed by atoms with Crippen molar-refractivity contribution >= 4 is 11.6 Å². The second-order valence-corrected chi connectivity index (χ2v) is 3.78.